The second kappa shape index (κ2) is 11.2. The van der Waals surface area contributed by atoms with Gasteiger partial charge in [-0.15, -0.1) is 24.8 Å². The number of sulfonamides is 1. The van der Waals surface area contributed by atoms with E-state index >= 15 is 0 Å². The minimum absolute atomic E-state index is 0. The number of hydrogen-bond donors (Lipinski definition) is 3. The number of guanidine groups is 1. The number of rotatable bonds is 7. The molecule has 10 nitrogen and oxygen atoms in total. The van der Waals surface area contributed by atoms with Crippen LogP contribution in [0.4, 0.5) is 5.69 Å². The minimum atomic E-state index is -4.16. The highest BCUT2D eigenvalue weighted by Gasteiger charge is 2.28. The largest absolute Gasteiger partial charge is 0.480 e. The molecule has 0 aliphatic carbocycles. The number of nitrogens with one attached hydrogen (secondary N) is 1. The zero-order chi connectivity index (χ0) is 21.9. The van der Waals surface area contributed by atoms with Crippen LogP contribution in [0.2, 0.25) is 0 Å². The van der Waals surface area contributed by atoms with Crippen molar-refractivity contribution < 1.29 is 18.3 Å². The van der Waals surface area contributed by atoms with E-state index in [1.807, 2.05) is 0 Å². The van der Waals surface area contributed by atoms with Crippen LogP contribution in [0.3, 0.4) is 0 Å². The lowest BCUT2D eigenvalue weighted by Gasteiger charge is -2.21. The van der Waals surface area contributed by atoms with Crippen molar-refractivity contribution in [2.24, 2.45) is 5.73 Å². The van der Waals surface area contributed by atoms with Crippen LogP contribution in [0.1, 0.15) is 5.69 Å². The van der Waals surface area contributed by atoms with Crippen molar-refractivity contribution in [2.75, 3.05) is 11.0 Å². The van der Waals surface area contributed by atoms with Gasteiger partial charge in [0, 0.05) is 34.9 Å². The lowest BCUT2D eigenvalue weighted by molar-refractivity contribution is -0.137. The maximum absolute atomic E-state index is 13.2. The summed E-state index contributed by atoms with van der Waals surface area (Å²) in [5.41, 5.74) is 6.12. The van der Waals surface area contributed by atoms with E-state index in [0.717, 1.165) is 8.72 Å². The van der Waals surface area contributed by atoms with Gasteiger partial charge in [0.1, 0.15) is 6.54 Å². The Morgan fingerprint density at radius 1 is 1.19 bits per heavy atom. The van der Waals surface area contributed by atoms with Crippen LogP contribution in [0.15, 0.2) is 59.9 Å². The number of nitrogens with two attached hydrogens (primary N) is 1. The third kappa shape index (κ3) is 5.96. The van der Waals surface area contributed by atoms with Gasteiger partial charge in [0.15, 0.2) is 0 Å². The Kier molecular flexibility index (Phi) is 9.61. The Balaban J connectivity index is 0.00000256. The molecule has 2 aromatic heterocycles. The lowest BCUT2D eigenvalue weighted by Crippen LogP contribution is -2.35. The number of nitrogens with zero attached hydrogens (tertiary/aromatic N) is 4. The van der Waals surface area contributed by atoms with Gasteiger partial charge in [-0.1, -0.05) is 12.1 Å². The van der Waals surface area contributed by atoms with Crippen LogP contribution in [-0.4, -0.2) is 46.3 Å². The van der Waals surface area contributed by atoms with Gasteiger partial charge in [0.2, 0.25) is 16.0 Å². The Labute approximate surface area is 201 Å². The van der Waals surface area contributed by atoms with Gasteiger partial charge >= 0.3 is 5.97 Å². The smallest absolute Gasteiger partial charge is 0.318 e. The van der Waals surface area contributed by atoms with Gasteiger partial charge in [-0.2, -0.15) is 4.31 Å². The molecule has 0 radical (unpaired) electrons. The fraction of sp³-hybridized carbons (Fsp3) is 0.111. The SMILES string of the molecule is Cl.Cl.N=C(N)N(Cl)c1cncc2cc(S(=O)(=O)N(CC(=O)O)Cc3ccccn3)ccc12. The number of hydrogen-bond acceptors (Lipinski definition) is 6. The number of aromatic nitrogens is 2. The van der Waals surface area contributed by atoms with Crippen molar-refractivity contribution in [3.8, 4) is 0 Å². The molecule has 3 rings (SSSR count). The summed E-state index contributed by atoms with van der Waals surface area (Å²) in [4.78, 5) is 19.2. The van der Waals surface area contributed by atoms with Crippen molar-refractivity contribution in [2.45, 2.75) is 11.4 Å². The molecule has 0 spiro atoms. The first-order valence-electron chi connectivity index (χ1n) is 8.49. The standard InChI is InChI=1S/C18H17ClN6O4S.2ClH/c19-25(18(20)21)16-9-22-8-12-7-14(4-5-15(12)16)30(28,29)24(11-17(26)27)10-13-3-1-2-6-23-13;;/h1-9H,10-11H2,(H3,20,21)(H,26,27);2*1H. The Bertz CT molecular complexity index is 1210. The van der Waals surface area contributed by atoms with Gasteiger partial charge in [-0.25, -0.2) is 12.8 Å². The van der Waals surface area contributed by atoms with Crippen molar-refractivity contribution >= 4 is 75.0 Å². The molecule has 32 heavy (non-hydrogen) atoms. The third-order valence-electron chi connectivity index (χ3n) is 4.15. The maximum atomic E-state index is 13.2. The predicted molar refractivity (Wildman–Crippen MR) is 126 cm³/mol. The zero-order valence-corrected chi connectivity index (χ0v) is 19.5. The highest BCUT2D eigenvalue weighted by atomic mass is 35.5. The molecule has 1 aromatic carbocycles. The molecule has 3 aromatic rings. The number of benzene rings is 1. The average molecular weight is 522 g/mol. The summed E-state index contributed by atoms with van der Waals surface area (Å²) < 4.78 is 28.1. The highest BCUT2D eigenvalue weighted by Crippen LogP contribution is 2.29. The van der Waals surface area contributed by atoms with E-state index in [2.05, 4.69) is 9.97 Å². The number of carbonyl (C=O) groups is 1. The molecule has 2 heterocycles. The summed E-state index contributed by atoms with van der Waals surface area (Å²) in [7, 11) is -4.16. The van der Waals surface area contributed by atoms with Crippen LogP contribution in [-0.2, 0) is 21.4 Å². The van der Waals surface area contributed by atoms with Crippen molar-refractivity contribution in [3.05, 3.63) is 60.7 Å². The van der Waals surface area contributed by atoms with Crippen LogP contribution in [0.5, 0.6) is 0 Å². The summed E-state index contributed by atoms with van der Waals surface area (Å²) in [6.07, 6.45) is 4.32. The number of aliphatic carboxylic acids is 1. The van der Waals surface area contributed by atoms with Crippen LogP contribution in [0.25, 0.3) is 10.8 Å². The second-order valence-electron chi connectivity index (χ2n) is 6.20. The van der Waals surface area contributed by atoms with E-state index in [-0.39, 0.29) is 36.3 Å². The zero-order valence-electron chi connectivity index (χ0n) is 16.3. The van der Waals surface area contributed by atoms with Crippen LogP contribution < -0.4 is 10.2 Å². The maximum Gasteiger partial charge on any atom is 0.318 e. The number of carboxylic acids is 1. The fourth-order valence-corrected chi connectivity index (χ4v) is 4.31. The Morgan fingerprint density at radius 2 is 1.91 bits per heavy atom. The molecule has 0 amide bonds. The third-order valence-corrected chi connectivity index (χ3v) is 6.30. The molecule has 0 unspecified atom stereocenters. The van der Waals surface area contributed by atoms with Gasteiger partial charge in [0.25, 0.3) is 0 Å². The van der Waals surface area contributed by atoms with Crippen molar-refractivity contribution in [1.82, 2.24) is 14.3 Å². The first kappa shape index (κ1) is 27.3. The summed E-state index contributed by atoms with van der Waals surface area (Å²) in [5.74, 6) is -1.72. The number of anilines is 1. The van der Waals surface area contributed by atoms with E-state index in [0.29, 0.717) is 22.2 Å². The molecule has 0 bridgehead atoms. The minimum Gasteiger partial charge on any atom is -0.480 e. The molecule has 4 N–H and O–H groups in total. The average Bonchev–Trinajstić information content (AvgIpc) is 2.72. The molecule has 0 fully saturated rings. The Hall–Kier alpha value is -2.70. The molecular formula is C18H19Cl3N6O4S. The van der Waals surface area contributed by atoms with E-state index in [9.17, 15) is 18.3 Å². The number of carboxylic acid groups (broad SMARTS) is 1. The first-order valence-corrected chi connectivity index (χ1v) is 10.3. The fourth-order valence-electron chi connectivity index (χ4n) is 2.78. The lowest BCUT2D eigenvalue weighted by atomic mass is 10.1. The summed E-state index contributed by atoms with van der Waals surface area (Å²) in [5, 5.41) is 17.6. The van der Waals surface area contributed by atoms with Crippen molar-refractivity contribution in [3.63, 3.8) is 0 Å². The molecule has 172 valence electrons. The number of fused-ring (bicyclic) bond motifs is 1. The van der Waals surface area contributed by atoms with Gasteiger partial charge in [-0.3, -0.25) is 20.2 Å². The summed E-state index contributed by atoms with van der Waals surface area (Å²) in [6.45, 7) is -0.930. The number of pyridine rings is 2. The van der Waals surface area contributed by atoms with E-state index < -0.39 is 28.5 Å². The predicted octanol–water partition coefficient (Wildman–Crippen LogP) is 2.60. The molecule has 0 aliphatic heterocycles. The summed E-state index contributed by atoms with van der Waals surface area (Å²) >= 11 is 5.99. The molecule has 0 saturated heterocycles. The topological polar surface area (TPSA) is 154 Å². The van der Waals surface area contributed by atoms with Gasteiger partial charge in [0.05, 0.1) is 29.0 Å². The normalized spacial score (nSPS) is 10.8. The molecule has 0 atom stereocenters. The summed E-state index contributed by atoms with van der Waals surface area (Å²) in [6, 6.07) is 9.16. The first-order chi connectivity index (χ1) is 14.2. The quantitative estimate of drug-likeness (QED) is 0.243. The monoisotopic (exact) mass is 520 g/mol. The number of halogens is 3. The van der Waals surface area contributed by atoms with Crippen LogP contribution >= 0.6 is 36.6 Å². The van der Waals surface area contributed by atoms with E-state index in [4.69, 9.17) is 22.9 Å². The van der Waals surface area contributed by atoms with E-state index in [1.54, 1.807) is 18.2 Å². The molecule has 0 aliphatic rings. The molecule has 0 saturated carbocycles. The Morgan fingerprint density at radius 3 is 2.50 bits per heavy atom. The second-order valence-corrected chi connectivity index (χ2v) is 8.47. The van der Waals surface area contributed by atoms with E-state index in [1.165, 1.54) is 36.8 Å². The van der Waals surface area contributed by atoms with Gasteiger partial charge < -0.3 is 10.8 Å². The van der Waals surface area contributed by atoms with Crippen LogP contribution in [0, 0.1) is 5.41 Å². The highest BCUT2D eigenvalue weighted by molar-refractivity contribution is 7.89. The van der Waals surface area contributed by atoms with Crippen molar-refractivity contribution in [1.29, 1.82) is 5.41 Å². The molecule has 14 heteroatoms. The van der Waals surface area contributed by atoms with Gasteiger partial charge in [-0.05, 0) is 24.3 Å². The molecular weight excluding hydrogens is 503 g/mol.